The van der Waals surface area contributed by atoms with Gasteiger partial charge in [-0.15, -0.1) is 11.3 Å². The highest BCUT2D eigenvalue weighted by molar-refractivity contribution is 9.10. The Morgan fingerprint density at radius 1 is 1.30 bits per heavy atom. The molecule has 0 fully saturated rings. The number of benzene rings is 1. The average molecular weight is 392 g/mol. The molecule has 0 aliphatic heterocycles. The van der Waals surface area contributed by atoms with Crippen molar-refractivity contribution in [2.24, 2.45) is 0 Å². The minimum Gasteiger partial charge on any atom is -0.325 e. The Hall–Kier alpha value is -1.99. The standard InChI is InChI=1S/C16H14BrN3O2S/c1-9-7-13-15(23-9)18-10(2)20(16(13)22)8-14(21)19-12-5-3-11(17)4-6-12/h3-7H,8H2,1-2H3,(H,19,21). The molecule has 23 heavy (non-hydrogen) atoms. The molecule has 118 valence electrons. The number of hydrogen-bond acceptors (Lipinski definition) is 4. The van der Waals surface area contributed by atoms with E-state index in [1.54, 1.807) is 19.1 Å². The molecule has 0 saturated carbocycles. The predicted molar refractivity (Wildman–Crippen MR) is 96.1 cm³/mol. The molecule has 0 bridgehead atoms. The first-order valence-corrected chi connectivity index (χ1v) is 8.58. The lowest BCUT2D eigenvalue weighted by Crippen LogP contribution is -2.29. The average Bonchev–Trinajstić information content (AvgIpc) is 2.86. The number of aromatic nitrogens is 2. The number of aryl methyl sites for hydroxylation is 2. The van der Waals surface area contributed by atoms with Gasteiger partial charge in [-0.3, -0.25) is 14.2 Å². The summed E-state index contributed by atoms with van der Waals surface area (Å²) in [6.45, 7) is 3.62. The van der Waals surface area contributed by atoms with E-state index >= 15 is 0 Å². The van der Waals surface area contributed by atoms with E-state index < -0.39 is 0 Å². The molecule has 2 heterocycles. The molecular formula is C16H14BrN3O2S. The van der Waals surface area contributed by atoms with Crippen LogP contribution in [0.3, 0.4) is 0 Å². The number of amides is 1. The van der Waals surface area contributed by atoms with Crippen LogP contribution >= 0.6 is 27.3 Å². The summed E-state index contributed by atoms with van der Waals surface area (Å²) in [6.07, 6.45) is 0. The molecule has 0 unspecified atom stereocenters. The van der Waals surface area contributed by atoms with Crippen LogP contribution in [0, 0.1) is 13.8 Å². The van der Waals surface area contributed by atoms with Gasteiger partial charge in [0.25, 0.3) is 5.56 Å². The number of carbonyl (C=O) groups is 1. The zero-order chi connectivity index (χ0) is 16.6. The Labute approximate surface area is 145 Å². The summed E-state index contributed by atoms with van der Waals surface area (Å²) in [7, 11) is 0. The van der Waals surface area contributed by atoms with E-state index in [1.807, 2.05) is 25.1 Å². The lowest BCUT2D eigenvalue weighted by Gasteiger charge is -2.10. The fourth-order valence-corrected chi connectivity index (χ4v) is 3.48. The number of halogens is 1. The number of nitrogens with one attached hydrogen (secondary N) is 1. The molecule has 0 radical (unpaired) electrons. The summed E-state index contributed by atoms with van der Waals surface area (Å²) in [5.74, 6) is 0.279. The van der Waals surface area contributed by atoms with Crippen LogP contribution in [0.15, 0.2) is 39.6 Å². The molecule has 2 aromatic heterocycles. The number of rotatable bonds is 3. The van der Waals surface area contributed by atoms with E-state index in [2.05, 4.69) is 26.2 Å². The van der Waals surface area contributed by atoms with Gasteiger partial charge in [0.05, 0.1) is 5.39 Å². The highest BCUT2D eigenvalue weighted by atomic mass is 79.9. The third-order valence-corrected chi connectivity index (χ3v) is 4.87. The van der Waals surface area contributed by atoms with Crippen molar-refractivity contribution in [3.8, 4) is 0 Å². The third kappa shape index (κ3) is 3.35. The zero-order valence-electron chi connectivity index (χ0n) is 12.6. The van der Waals surface area contributed by atoms with Crippen molar-refractivity contribution in [3.63, 3.8) is 0 Å². The first kappa shape index (κ1) is 15.9. The van der Waals surface area contributed by atoms with Crippen LogP contribution in [-0.4, -0.2) is 15.5 Å². The summed E-state index contributed by atoms with van der Waals surface area (Å²) in [5.41, 5.74) is 0.507. The van der Waals surface area contributed by atoms with Crippen LogP contribution in [0.2, 0.25) is 0 Å². The second-order valence-electron chi connectivity index (χ2n) is 5.18. The molecule has 3 aromatic rings. The van der Waals surface area contributed by atoms with Crippen molar-refractivity contribution in [1.82, 2.24) is 9.55 Å². The normalized spacial score (nSPS) is 10.9. The van der Waals surface area contributed by atoms with E-state index in [0.717, 1.165) is 14.2 Å². The summed E-state index contributed by atoms with van der Waals surface area (Å²) in [5, 5.41) is 3.35. The molecule has 0 atom stereocenters. The van der Waals surface area contributed by atoms with E-state index in [-0.39, 0.29) is 18.0 Å². The third-order valence-electron chi connectivity index (χ3n) is 3.39. The van der Waals surface area contributed by atoms with Gasteiger partial charge in [-0.1, -0.05) is 15.9 Å². The van der Waals surface area contributed by atoms with Gasteiger partial charge in [-0.2, -0.15) is 0 Å². The monoisotopic (exact) mass is 391 g/mol. The Morgan fingerprint density at radius 3 is 2.70 bits per heavy atom. The highest BCUT2D eigenvalue weighted by Crippen LogP contribution is 2.20. The minimum absolute atomic E-state index is 0.0570. The van der Waals surface area contributed by atoms with Crippen molar-refractivity contribution < 1.29 is 4.79 Å². The van der Waals surface area contributed by atoms with Crippen molar-refractivity contribution in [3.05, 3.63) is 55.9 Å². The SMILES string of the molecule is Cc1cc2c(=O)n(CC(=O)Nc3ccc(Br)cc3)c(C)nc2s1. The number of nitrogens with zero attached hydrogens (tertiary/aromatic N) is 2. The topological polar surface area (TPSA) is 64.0 Å². The van der Waals surface area contributed by atoms with Gasteiger partial charge in [-0.25, -0.2) is 4.98 Å². The van der Waals surface area contributed by atoms with Crippen molar-refractivity contribution >= 4 is 49.1 Å². The maximum absolute atomic E-state index is 12.5. The zero-order valence-corrected chi connectivity index (χ0v) is 15.0. The van der Waals surface area contributed by atoms with E-state index in [1.165, 1.54) is 15.9 Å². The first-order valence-electron chi connectivity index (χ1n) is 6.97. The second-order valence-corrected chi connectivity index (χ2v) is 7.33. The Kier molecular flexibility index (Phi) is 4.32. The fourth-order valence-electron chi connectivity index (χ4n) is 2.30. The van der Waals surface area contributed by atoms with Gasteiger partial charge in [0.2, 0.25) is 5.91 Å². The fraction of sp³-hybridized carbons (Fsp3) is 0.188. The summed E-state index contributed by atoms with van der Waals surface area (Å²) < 4.78 is 2.34. The van der Waals surface area contributed by atoms with Crippen LogP contribution in [0.25, 0.3) is 10.2 Å². The van der Waals surface area contributed by atoms with Gasteiger partial charge >= 0.3 is 0 Å². The van der Waals surface area contributed by atoms with Crippen molar-refractivity contribution in [2.45, 2.75) is 20.4 Å². The molecule has 0 saturated heterocycles. The predicted octanol–water partition coefficient (Wildman–Crippen LogP) is 3.48. The Balaban J connectivity index is 1.87. The minimum atomic E-state index is -0.259. The number of anilines is 1. The molecule has 0 aliphatic rings. The van der Waals surface area contributed by atoms with Crippen LogP contribution < -0.4 is 10.9 Å². The van der Waals surface area contributed by atoms with Gasteiger partial charge in [0.1, 0.15) is 17.2 Å². The maximum Gasteiger partial charge on any atom is 0.262 e. The van der Waals surface area contributed by atoms with Crippen LogP contribution in [0.1, 0.15) is 10.7 Å². The number of carbonyl (C=O) groups excluding carboxylic acids is 1. The largest absolute Gasteiger partial charge is 0.325 e. The molecule has 0 spiro atoms. The molecular weight excluding hydrogens is 378 g/mol. The quantitative estimate of drug-likeness (QED) is 0.743. The molecule has 1 N–H and O–H groups in total. The van der Waals surface area contributed by atoms with Gasteiger partial charge in [0.15, 0.2) is 0 Å². The highest BCUT2D eigenvalue weighted by Gasteiger charge is 2.13. The summed E-state index contributed by atoms with van der Waals surface area (Å²) in [4.78, 5) is 30.9. The van der Waals surface area contributed by atoms with Crippen LogP contribution in [-0.2, 0) is 11.3 Å². The number of thiophene rings is 1. The Bertz CT molecular complexity index is 944. The second kappa shape index (κ2) is 6.25. The van der Waals surface area contributed by atoms with Crippen molar-refractivity contribution in [2.75, 3.05) is 5.32 Å². The summed E-state index contributed by atoms with van der Waals surface area (Å²) >= 11 is 4.83. The lowest BCUT2D eigenvalue weighted by atomic mass is 10.3. The van der Waals surface area contributed by atoms with E-state index in [4.69, 9.17) is 0 Å². The van der Waals surface area contributed by atoms with Gasteiger partial charge in [-0.05, 0) is 44.2 Å². The van der Waals surface area contributed by atoms with Crippen LogP contribution in [0.5, 0.6) is 0 Å². The van der Waals surface area contributed by atoms with Crippen LogP contribution in [0.4, 0.5) is 5.69 Å². The van der Waals surface area contributed by atoms with Gasteiger partial charge in [0, 0.05) is 15.0 Å². The summed E-state index contributed by atoms with van der Waals surface area (Å²) in [6, 6.07) is 9.09. The number of hydrogen-bond donors (Lipinski definition) is 1. The molecule has 5 nitrogen and oxygen atoms in total. The smallest absolute Gasteiger partial charge is 0.262 e. The van der Waals surface area contributed by atoms with Crippen molar-refractivity contribution in [1.29, 1.82) is 0 Å². The molecule has 7 heteroatoms. The lowest BCUT2D eigenvalue weighted by molar-refractivity contribution is -0.116. The van der Waals surface area contributed by atoms with Gasteiger partial charge < -0.3 is 5.32 Å². The van der Waals surface area contributed by atoms with E-state index in [0.29, 0.717) is 16.9 Å². The van der Waals surface area contributed by atoms with E-state index in [9.17, 15) is 9.59 Å². The number of fused-ring (bicyclic) bond motifs is 1. The molecule has 1 aromatic carbocycles. The molecule has 1 amide bonds. The first-order chi connectivity index (χ1) is 10.9. The Morgan fingerprint density at radius 2 is 2.00 bits per heavy atom. The molecule has 0 aliphatic carbocycles. The molecule has 3 rings (SSSR count). The maximum atomic E-state index is 12.5.